The molecule has 0 saturated carbocycles. The molecule has 3 rings (SSSR count). The van der Waals surface area contributed by atoms with Gasteiger partial charge in [-0.3, -0.25) is 9.52 Å². The monoisotopic (exact) mass is 486 g/mol. The molecule has 0 spiro atoms. The van der Waals surface area contributed by atoms with Gasteiger partial charge < -0.3 is 10.1 Å². The van der Waals surface area contributed by atoms with Gasteiger partial charge in [-0.15, -0.1) is 0 Å². The molecule has 0 aliphatic heterocycles. The number of nitrogens with one attached hydrogen (secondary N) is 2. The Morgan fingerprint density at radius 1 is 0.970 bits per heavy atom. The number of sulfonamides is 1. The van der Waals surface area contributed by atoms with Crippen molar-refractivity contribution >= 4 is 33.2 Å². The summed E-state index contributed by atoms with van der Waals surface area (Å²) in [7, 11) is -3.99. The molecule has 0 radical (unpaired) electrons. The van der Waals surface area contributed by atoms with Crippen LogP contribution in [0.1, 0.15) is 40.9 Å². The highest BCUT2D eigenvalue weighted by atomic mass is 35.5. The van der Waals surface area contributed by atoms with Crippen molar-refractivity contribution in [3.05, 3.63) is 87.9 Å². The highest BCUT2D eigenvalue weighted by Crippen LogP contribution is 2.26. The van der Waals surface area contributed by atoms with Crippen LogP contribution in [0.2, 0.25) is 5.02 Å². The standard InChI is InChI=1S/C25H27ClN2O4S/c1-16(2)32-22-10-6-19(7-11-22)15-27-25(29)20-8-12-23(26)24(14-20)33(30,31)28-21-9-5-17(3)18(4)13-21/h5-14,16,28H,15H2,1-4H3,(H,27,29). The third-order valence-electron chi connectivity index (χ3n) is 4.99. The van der Waals surface area contributed by atoms with Gasteiger partial charge in [0.1, 0.15) is 10.6 Å². The van der Waals surface area contributed by atoms with Gasteiger partial charge in [-0.1, -0.05) is 29.8 Å². The van der Waals surface area contributed by atoms with Gasteiger partial charge in [0.2, 0.25) is 0 Å². The third kappa shape index (κ3) is 6.49. The van der Waals surface area contributed by atoms with Crippen LogP contribution in [-0.4, -0.2) is 20.4 Å². The molecule has 6 nitrogen and oxygen atoms in total. The number of amides is 1. The van der Waals surface area contributed by atoms with Crippen molar-refractivity contribution in [2.75, 3.05) is 4.72 Å². The lowest BCUT2D eigenvalue weighted by Crippen LogP contribution is -2.23. The van der Waals surface area contributed by atoms with Gasteiger partial charge in [-0.25, -0.2) is 8.42 Å². The summed E-state index contributed by atoms with van der Waals surface area (Å²) in [6.07, 6.45) is 0.0791. The van der Waals surface area contributed by atoms with E-state index in [4.69, 9.17) is 16.3 Å². The Morgan fingerprint density at radius 3 is 2.30 bits per heavy atom. The zero-order valence-corrected chi connectivity index (χ0v) is 20.5. The Labute approximate surface area is 200 Å². The van der Waals surface area contributed by atoms with Crippen molar-refractivity contribution in [1.82, 2.24) is 5.32 Å². The van der Waals surface area contributed by atoms with Crippen LogP contribution in [0.5, 0.6) is 5.75 Å². The van der Waals surface area contributed by atoms with Crippen LogP contribution < -0.4 is 14.8 Å². The zero-order valence-electron chi connectivity index (χ0n) is 19.0. The van der Waals surface area contributed by atoms with Crippen LogP contribution in [0.15, 0.2) is 65.6 Å². The first-order valence-corrected chi connectivity index (χ1v) is 12.3. The van der Waals surface area contributed by atoms with Crippen molar-refractivity contribution < 1.29 is 17.9 Å². The Kier molecular flexibility index (Phi) is 7.66. The molecule has 0 bridgehead atoms. The van der Waals surface area contributed by atoms with Crippen molar-refractivity contribution in [1.29, 1.82) is 0 Å². The molecule has 1 amide bonds. The Bertz CT molecular complexity index is 1260. The van der Waals surface area contributed by atoms with Gasteiger partial charge >= 0.3 is 0 Å². The SMILES string of the molecule is Cc1ccc(NS(=O)(=O)c2cc(C(=O)NCc3ccc(OC(C)C)cc3)ccc2Cl)cc1C. The summed E-state index contributed by atoms with van der Waals surface area (Å²) >= 11 is 6.17. The van der Waals surface area contributed by atoms with Gasteiger partial charge in [0.25, 0.3) is 15.9 Å². The summed E-state index contributed by atoms with van der Waals surface area (Å²) in [4.78, 5) is 12.5. The van der Waals surface area contributed by atoms with Crippen LogP contribution in [0.4, 0.5) is 5.69 Å². The van der Waals surface area contributed by atoms with Crippen LogP contribution >= 0.6 is 11.6 Å². The predicted octanol–water partition coefficient (Wildman–Crippen LogP) is 5.47. The first kappa shape index (κ1) is 24.6. The number of aryl methyl sites for hydroxylation is 2. The summed E-state index contributed by atoms with van der Waals surface area (Å²) in [5, 5.41) is 2.83. The average molecular weight is 487 g/mol. The second-order valence-electron chi connectivity index (χ2n) is 8.04. The molecule has 0 saturated heterocycles. The van der Waals surface area contributed by atoms with E-state index in [1.807, 2.05) is 58.0 Å². The highest BCUT2D eigenvalue weighted by molar-refractivity contribution is 7.92. The van der Waals surface area contributed by atoms with Crippen LogP contribution in [-0.2, 0) is 16.6 Å². The molecule has 0 aliphatic carbocycles. The molecule has 174 valence electrons. The maximum atomic E-state index is 12.9. The smallest absolute Gasteiger partial charge is 0.263 e. The maximum Gasteiger partial charge on any atom is 0.263 e. The summed E-state index contributed by atoms with van der Waals surface area (Å²) in [6.45, 7) is 8.03. The fourth-order valence-corrected chi connectivity index (χ4v) is 4.68. The van der Waals surface area contributed by atoms with Gasteiger partial charge in [-0.05, 0) is 86.8 Å². The van der Waals surface area contributed by atoms with Crippen LogP contribution in [0, 0.1) is 13.8 Å². The number of carbonyl (C=O) groups is 1. The molecular formula is C25H27ClN2O4S. The van der Waals surface area contributed by atoms with E-state index in [1.54, 1.807) is 12.1 Å². The summed E-state index contributed by atoms with van der Waals surface area (Å²) < 4.78 is 34.0. The fraction of sp³-hybridized carbons (Fsp3) is 0.240. The first-order chi connectivity index (χ1) is 15.5. The van der Waals surface area contributed by atoms with Crippen molar-refractivity contribution in [2.45, 2.75) is 45.2 Å². The van der Waals surface area contributed by atoms with E-state index in [0.29, 0.717) is 5.69 Å². The predicted molar refractivity (Wildman–Crippen MR) is 132 cm³/mol. The van der Waals surface area contributed by atoms with Crippen molar-refractivity contribution in [3.8, 4) is 5.75 Å². The van der Waals surface area contributed by atoms with Crippen molar-refractivity contribution in [2.24, 2.45) is 0 Å². The molecule has 2 N–H and O–H groups in total. The molecule has 0 heterocycles. The van der Waals surface area contributed by atoms with Gasteiger partial charge in [-0.2, -0.15) is 0 Å². The second-order valence-corrected chi connectivity index (χ2v) is 10.1. The zero-order chi connectivity index (χ0) is 24.2. The minimum Gasteiger partial charge on any atom is -0.491 e. The molecule has 0 aliphatic rings. The fourth-order valence-electron chi connectivity index (χ4n) is 3.11. The number of ether oxygens (including phenoxy) is 1. The topological polar surface area (TPSA) is 84.5 Å². The van der Waals surface area contributed by atoms with E-state index in [9.17, 15) is 13.2 Å². The summed E-state index contributed by atoms with van der Waals surface area (Å²) in [6, 6.07) is 16.8. The number of rotatable bonds is 8. The van der Waals surface area contributed by atoms with Crippen LogP contribution in [0.3, 0.4) is 0 Å². The van der Waals surface area contributed by atoms with Crippen molar-refractivity contribution in [3.63, 3.8) is 0 Å². The van der Waals surface area contributed by atoms with E-state index in [1.165, 1.54) is 18.2 Å². The summed E-state index contributed by atoms with van der Waals surface area (Å²) in [5.74, 6) is 0.348. The van der Waals surface area contributed by atoms with E-state index in [-0.39, 0.29) is 28.1 Å². The lowest BCUT2D eigenvalue weighted by Gasteiger charge is -2.13. The number of hydrogen-bond donors (Lipinski definition) is 2. The van der Waals surface area contributed by atoms with Gasteiger partial charge in [0.15, 0.2) is 0 Å². The Morgan fingerprint density at radius 2 is 1.67 bits per heavy atom. The van der Waals surface area contributed by atoms with E-state index >= 15 is 0 Å². The number of benzene rings is 3. The quantitative estimate of drug-likeness (QED) is 0.442. The molecule has 0 unspecified atom stereocenters. The average Bonchev–Trinajstić information content (AvgIpc) is 2.75. The number of anilines is 1. The lowest BCUT2D eigenvalue weighted by molar-refractivity contribution is 0.0950. The minimum atomic E-state index is -3.99. The highest BCUT2D eigenvalue weighted by Gasteiger charge is 2.20. The first-order valence-electron chi connectivity index (χ1n) is 10.5. The second kappa shape index (κ2) is 10.3. The number of halogens is 1. The molecule has 0 aromatic heterocycles. The van der Waals surface area contributed by atoms with Crippen LogP contribution in [0.25, 0.3) is 0 Å². The molecule has 8 heteroatoms. The number of hydrogen-bond acceptors (Lipinski definition) is 4. The van der Waals surface area contributed by atoms with E-state index in [0.717, 1.165) is 22.4 Å². The maximum absolute atomic E-state index is 12.9. The largest absolute Gasteiger partial charge is 0.491 e. The third-order valence-corrected chi connectivity index (χ3v) is 6.85. The van der Waals surface area contributed by atoms with E-state index in [2.05, 4.69) is 10.0 Å². The summed E-state index contributed by atoms with van der Waals surface area (Å²) in [5.41, 5.74) is 3.51. The van der Waals surface area contributed by atoms with Gasteiger partial charge in [0.05, 0.1) is 11.1 Å². The molecule has 0 atom stereocenters. The lowest BCUT2D eigenvalue weighted by atomic mass is 10.1. The minimum absolute atomic E-state index is 0.0311. The normalized spacial score (nSPS) is 11.3. The van der Waals surface area contributed by atoms with E-state index < -0.39 is 15.9 Å². The van der Waals surface area contributed by atoms with Gasteiger partial charge in [0, 0.05) is 17.8 Å². The molecule has 3 aromatic rings. The Balaban J connectivity index is 1.73. The number of carbonyl (C=O) groups excluding carboxylic acids is 1. The molecule has 3 aromatic carbocycles. The molecule has 33 heavy (non-hydrogen) atoms. The molecular weight excluding hydrogens is 460 g/mol. The molecule has 0 fully saturated rings. The Hall–Kier alpha value is -3.03.